The van der Waals surface area contributed by atoms with Crippen LogP contribution in [0.15, 0.2) is 24.3 Å². The number of rotatable bonds is 3. The fraction of sp³-hybridized carbons (Fsp3) is 0.200. The highest BCUT2D eigenvalue weighted by atomic mass is 16.2. The zero-order chi connectivity index (χ0) is 8.97. The van der Waals surface area contributed by atoms with E-state index in [1.807, 2.05) is 19.1 Å². The molecule has 0 bridgehead atoms. The van der Waals surface area contributed by atoms with E-state index in [0.717, 1.165) is 12.0 Å². The molecule has 1 aromatic carbocycles. The summed E-state index contributed by atoms with van der Waals surface area (Å²) < 4.78 is 0. The Labute approximate surface area is 76.7 Å². The van der Waals surface area contributed by atoms with Gasteiger partial charge in [-0.15, -0.1) is 0 Å². The fourth-order valence-corrected chi connectivity index (χ4v) is 0.973. The highest BCUT2D eigenvalue weighted by Gasteiger charge is 2.01. The molecule has 0 saturated heterocycles. The molecular weight excluding hydrogens is 168 g/mol. The lowest BCUT2D eigenvalue weighted by molar-refractivity contribution is -0.104. The van der Waals surface area contributed by atoms with Crippen LogP contribution in [-0.2, 0) is 11.2 Å². The molecule has 0 unspecified atom stereocenters. The van der Waals surface area contributed by atoms with Crippen molar-refractivity contribution in [2.24, 2.45) is 0 Å². The predicted molar refractivity (Wildman–Crippen MR) is 49.8 cm³/mol. The van der Waals surface area contributed by atoms with E-state index in [-0.39, 0.29) is 5.48 Å². The summed E-state index contributed by atoms with van der Waals surface area (Å²) >= 11 is 0. The number of hydrogen-bond donors (Lipinski definition) is 0. The molecule has 70 valence electrons. The van der Waals surface area contributed by atoms with Gasteiger partial charge >= 0.3 is 0 Å². The quantitative estimate of drug-likeness (QED) is 0.392. The van der Waals surface area contributed by atoms with Gasteiger partial charge in [0.2, 0.25) is 5.78 Å². The van der Waals surface area contributed by atoms with Gasteiger partial charge in [0.1, 0.15) is 0 Å². The van der Waals surface area contributed by atoms with Crippen LogP contribution in [0.2, 0.25) is 0 Å². The Kier molecular flexibility index (Phi) is 4.62. The minimum Gasteiger partial charge on any atom is -0.412 e. The van der Waals surface area contributed by atoms with E-state index in [9.17, 15) is 9.59 Å². The van der Waals surface area contributed by atoms with Crippen molar-refractivity contribution in [3.8, 4) is 0 Å². The molecule has 1 rings (SSSR count). The van der Waals surface area contributed by atoms with E-state index < -0.39 is 5.78 Å². The third kappa shape index (κ3) is 2.80. The van der Waals surface area contributed by atoms with Gasteiger partial charge in [-0.1, -0.05) is 31.2 Å². The van der Waals surface area contributed by atoms with Crippen LogP contribution in [-0.4, -0.2) is 17.5 Å². The first-order chi connectivity index (χ1) is 5.77. The van der Waals surface area contributed by atoms with Gasteiger partial charge in [0.25, 0.3) is 0 Å². The number of aldehydes is 1. The van der Waals surface area contributed by atoms with Crippen molar-refractivity contribution in [2.75, 3.05) is 0 Å². The molecule has 0 radical (unpaired) electrons. The Hall–Kier alpha value is -1.48. The van der Waals surface area contributed by atoms with Crippen LogP contribution >= 0.6 is 0 Å². The average molecular weight is 180 g/mol. The summed E-state index contributed by atoms with van der Waals surface area (Å²) in [6.45, 7) is 2.04. The van der Waals surface area contributed by atoms with Crippen molar-refractivity contribution in [1.82, 2.24) is 0 Å². The molecule has 0 atom stereocenters. The second-order valence-electron chi connectivity index (χ2n) is 2.53. The number of hydrogen-bond acceptors (Lipinski definition) is 2. The number of carbonyl (C=O) groups excluding carboxylic acids is 2. The van der Waals surface area contributed by atoms with Crippen LogP contribution < -0.4 is 0 Å². The molecule has 3 heteroatoms. The van der Waals surface area contributed by atoms with E-state index in [0.29, 0.717) is 11.8 Å². The third-order valence-corrected chi connectivity index (χ3v) is 1.75. The number of benzene rings is 1. The molecule has 0 heterocycles. The molecule has 0 aliphatic carbocycles. The van der Waals surface area contributed by atoms with Crippen LogP contribution in [0.3, 0.4) is 0 Å². The van der Waals surface area contributed by atoms with Gasteiger partial charge in [-0.3, -0.25) is 9.59 Å². The average Bonchev–Trinajstić information content (AvgIpc) is 2.17. The molecule has 13 heavy (non-hydrogen) atoms. The maximum Gasteiger partial charge on any atom is 0.225 e. The van der Waals surface area contributed by atoms with Gasteiger partial charge in [0, 0.05) is 5.56 Å². The summed E-state index contributed by atoms with van der Waals surface area (Å²) in [4.78, 5) is 21.0. The molecular formula is C10H12O3. The summed E-state index contributed by atoms with van der Waals surface area (Å²) in [5.41, 5.74) is 1.62. The lowest BCUT2D eigenvalue weighted by Crippen LogP contribution is -1.99. The van der Waals surface area contributed by atoms with Crippen molar-refractivity contribution in [1.29, 1.82) is 0 Å². The smallest absolute Gasteiger partial charge is 0.225 e. The minimum atomic E-state index is -0.461. The lowest BCUT2D eigenvalue weighted by Gasteiger charge is -1.96. The van der Waals surface area contributed by atoms with Crippen molar-refractivity contribution >= 4 is 12.1 Å². The van der Waals surface area contributed by atoms with E-state index in [1.54, 1.807) is 12.1 Å². The maximum atomic E-state index is 10.8. The van der Waals surface area contributed by atoms with Crippen LogP contribution in [0, 0.1) is 0 Å². The van der Waals surface area contributed by atoms with Gasteiger partial charge in [-0.2, -0.15) is 0 Å². The van der Waals surface area contributed by atoms with E-state index >= 15 is 0 Å². The summed E-state index contributed by atoms with van der Waals surface area (Å²) in [7, 11) is 0. The molecule has 0 aliphatic rings. The van der Waals surface area contributed by atoms with E-state index in [2.05, 4.69) is 0 Å². The van der Waals surface area contributed by atoms with E-state index in [4.69, 9.17) is 0 Å². The van der Waals surface area contributed by atoms with Gasteiger partial charge in [0.05, 0.1) is 0 Å². The van der Waals surface area contributed by atoms with Crippen molar-refractivity contribution < 1.29 is 15.1 Å². The van der Waals surface area contributed by atoms with Crippen LogP contribution in [0.1, 0.15) is 22.8 Å². The highest BCUT2D eigenvalue weighted by molar-refractivity contribution is 6.33. The molecule has 1 aromatic rings. The first-order valence-electron chi connectivity index (χ1n) is 3.86. The molecule has 0 aliphatic heterocycles. The van der Waals surface area contributed by atoms with Gasteiger partial charge in [0.15, 0.2) is 6.29 Å². The molecule has 0 aromatic heterocycles. The fourth-order valence-electron chi connectivity index (χ4n) is 0.973. The summed E-state index contributed by atoms with van der Waals surface area (Å²) in [5, 5.41) is 0. The van der Waals surface area contributed by atoms with Crippen LogP contribution in [0.5, 0.6) is 0 Å². The number of aryl methyl sites for hydroxylation is 1. The van der Waals surface area contributed by atoms with Gasteiger partial charge in [-0.05, 0) is 12.0 Å². The number of Topliss-reactive ketones (excluding diaryl/α,β-unsaturated/α-hetero) is 1. The molecule has 3 nitrogen and oxygen atoms in total. The minimum absolute atomic E-state index is 0. The second-order valence-corrected chi connectivity index (χ2v) is 2.53. The topological polar surface area (TPSA) is 65.6 Å². The van der Waals surface area contributed by atoms with Gasteiger partial charge < -0.3 is 5.48 Å². The maximum absolute atomic E-state index is 10.8. The van der Waals surface area contributed by atoms with E-state index in [1.165, 1.54) is 0 Å². The second kappa shape index (κ2) is 5.22. The molecule has 0 saturated carbocycles. The summed E-state index contributed by atoms with van der Waals surface area (Å²) in [5.74, 6) is -0.461. The number of carbonyl (C=O) groups is 2. The highest BCUT2D eigenvalue weighted by Crippen LogP contribution is 2.04. The Balaban J connectivity index is 0.00000144. The molecule has 0 amide bonds. The SMILES string of the molecule is CCc1ccc(C(=O)C=O)cc1.O. The Morgan fingerprint density at radius 3 is 2.23 bits per heavy atom. The number of ketones is 1. The standard InChI is InChI=1S/C10H10O2.H2O/c1-2-8-3-5-9(6-4-8)10(12)7-11;/h3-7H,2H2,1H3;1H2. The van der Waals surface area contributed by atoms with Crippen molar-refractivity contribution in [2.45, 2.75) is 13.3 Å². The predicted octanol–water partition coefficient (Wildman–Crippen LogP) is 0.806. The molecule has 0 spiro atoms. The van der Waals surface area contributed by atoms with Crippen LogP contribution in [0.25, 0.3) is 0 Å². The largest absolute Gasteiger partial charge is 0.412 e. The van der Waals surface area contributed by atoms with Crippen molar-refractivity contribution in [3.05, 3.63) is 35.4 Å². The normalized spacial score (nSPS) is 8.69. The zero-order valence-electron chi connectivity index (χ0n) is 7.41. The summed E-state index contributed by atoms with van der Waals surface area (Å²) in [6, 6.07) is 7.07. The third-order valence-electron chi connectivity index (χ3n) is 1.75. The Morgan fingerprint density at radius 2 is 1.85 bits per heavy atom. The van der Waals surface area contributed by atoms with Crippen LogP contribution in [0.4, 0.5) is 0 Å². The molecule has 0 fully saturated rings. The zero-order valence-corrected chi connectivity index (χ0v) is 7.41. The van der Waals surface area contributed by atoms with Crippen molar-refractivity contribution in [3.63, 3.8) is 0 Å². The molecule has 2 N–H and O–H groups in total. The van der Waals surface area contributed by atoms with Gasteiger partial charge in [-0.25, -0.2) is 0 Å². The monoisotopic (exact) mass is 180 g/mol. The Morgan fingerprint density at radius 1 is 1.31 bits per heavy atom. The first-order valence-corrected chi connectivity index (χ1v) is 3.86. The Bertz CT molecular complexity index is 288. The summed E-state index contributed by atoms with van der Waals surface area (Å²) in [6.07, 6.45) is 1.27. The lowest BCUT2D eigenvalue weighted by atomic mass is 10.1. The first kappa shape index (κ1) is 11.5.